The molecule has 342 valence electrons. The number of amides is 5. The number of halogens is 1. The molecule has 5 amide bonds. The van der Waals surface area contributed by atoms with E-state index in [0.29, 0.717) is 11.1 Å². The minimum atomic E-state index is -1.41. The lowest BCUT2D eigenvalue weighted by Gasteiger charge is -2.36. The van der Waals surface area contributed by atoms with Crippen LogP contribution in [0.15, 0.2) is 103 Å². The van der Waals surface area contributed by atoms with Gasteiger partial charge in [-0.2, -0.15) is 0 Å². The van der Waals surface area contributed by atoms with Crippen LogP contribution in [0.4, 0.5) is 0 Å². The summed E-state index contributed by atoms with van der Waals surface area (Å²) in [5.74, 6) is -4.26. The predicted molar refractivity (Wildman–Crippen MR) is 246 cm³/mol. The highest BCUT2D eigenvalue weighted by Crippen LogP contribution is 2.37. The van der Waals surface area contributed by atoms with Crippen LogP contribution in [0.25, 0.3) is 12.2 Å². The molecule has 0 aromatic heterocycles. The molecule has 0 saturated carbocycles. The summed E-state index contributed by atoms with van der Waals surface area (Å²) in [5.41, 5.74) is 3.17. The van der Waals surface area contributed by atoms with Crippen molar-refractivity contribution in [2.24, 2.45) is 0 Å². The second-order valence-electron chi connectivity index (χ2n) is 15.5. The van der Waals surface area contributed by atoms with E-state index in [4.69, 9.17) is 21.1 Å². The quantitative estimate of drug-likeness (QED) is 0.0616. The monoisotopic (exact) mass is 907 g/mol. The van der Waals surface area contributed by atoms with E-state index >= 15 is 4.79 Å². The lowest BCUT2D eigenvalue weighted by Crippen LogP contribution is -2.59. The summed E-state index contributed by atoms with van der Waals surface area (Å²) < 4.78 is 10.8. The number of unbranched alkanes of at least 4 members (excludes halogenated alkanes) is 1. The second-order valence-corrected chi connectivity index (χ2v) is 15.8. The van der Waals surface area contributed by atoms with Gasteiger partial charge in [-0.15, -0.1) is 0 Å². The van der Waals surface area contributed by atoms with Gasteiger partial charge < -0.3 is 45.4 Å². The number of piperazine rings is 1. The molecule has 1 fully saturated rings. The minimum absolute atomic E-state index is 0.00368. The number of rotatable bonds is 20. The van der Waals surface area contributed by atoms with E-state index in [2.05, 4.69) is 29.0 Å². The molecule has 4 aromatic carbocycles. The molecule has 0 spiro atoms. The van der Waals surface area contributed by atoms with Crippen LogP contribution in [0.2, 0.25) is 5.02 Å². The van der Waals surface area contributed by atoms with Crippen LogP contribution in [0, 0.1) is 0 Å². The number of benzene rings is 4. The number of carbonyl (C=O) groups excluding carboxylic acids is 6. The number of nitrogens with zero attached hydrogens (tertiary/aromatic N) is 2. The van der Waals surface area contributed by atoms with Crippen LogP contribution in [-0.4, -0.2) is 114 Å². The lowest BCUT2D eigenvalue weighted by atomic mass is 9.98. The van der Waals surface area contributed by atoms with Crippen molar-refractivity contribution in [3.63, 3.8) is 0 Å². The average Bonchev–Trinajstić information content (AvgIpc) is 3.31. The molecule has 4 aromatic rings. The number of likely N-dealkylation sites (N-methyl/N-ethyl adjacent to an activating group) is 2. The Morgan fingerprint density at radius 2 is 1.48 bits per heavy atom. The predicted octanol–water partition coefficient (Wildman–Crippen LogP) is 4.61. The van der Waals surface area contributed by atoms with Gasteiger partial charge >= 0.3 is 5.97 Å². The summed E-state index contributed by atoms with van der Waals surface area (Å²) in [6.45, 7) is 1.34. The Bertz CT molecular complexity index is 2390. The molecule has 65 heavy (non-hydrogen) atoms. The van der Waals surface area contributed by atoms with Crippen molar-refractivity contribution in [1.29, 1.82) is 0 Å². The third-order valence-corrected chi connectivity index (χ3v) is 11.3. The number of methoxy groups -OCH3 is 1. The van der Waals surface area contributed by atoms with Gasteiger partial charge in [0.2, 0.25) is 29.5 Å². The van der Waals surface area contributed by atoms with Gasteiger partial charge in [-0.25, -0.2) is 4.79 Å². The number of ether oxygens (including phenoxy) is 2. The highest BCUT2D eigenvalue weighted by molar-refractivity contribution is 6.33. The molecular formula is C49H54ClN5O10. The fourth-order valence-corrected chi connectivity index (χ4v) is 7.37. The molecule has 0 aliphatic carbocycles. The van der Waals surface area contributed by atoms with E-state index in [1.54, 1.807) is 48.5 Å². The number of phenols is 2. The molecular weight excluding hydrogens is 854 g/mol. The summed E-state index contributed by atoms with van der Waals surface area (Å²) in [6.07, 6.45) is 8.50. The summed E-state index contributed by atoms with van der Waals surface area (Å²) in [5, 5.41) is 28.4. The Kier molecular flexibility index (Phi) is 17.7. The van der Waals surface area contributed by atoms with E-state index in [-0.39, 0.29) is 47.9 Å². The molecule has 1 aliphatic heterocycles. The molecule has 5 rings (SSSR count). The summed E-state index contributed by atoms with van der Waals surface area (Å²) >= 11 is 6.65. The first-order valence-corrected chi connectivity index (χ1v) is 21.5. The molecule has 0 bridgehead atoms. The maximum Gasteiger partial charge on any atom is 0.329 e. The number of esters is 1. The fourth-order valence-electron chi connectivity index (χ4n) is 7.14. The summed E-state index contributed by atoms with van der Waals surface area (Å²) in [4.78, 5) is 84.4. The van der Waals surface area contributed by atoms with Gasteiger partial charge in [0.1, 0.15) is 36.5 Å². The van der Waals surface area contributed by atoms with Crippen molar-refractivity contribution < 1.29 is 48.5 Å². The van der Waals surface area contributed by atoms with Crippen molar-refractivity contribution in [2.45, 2.75) is 63.2 Å². The fraction of sp³-hybridized carbons (Fsp3) is 0.306. The highest BCUT2D eigenvalue weighted by Gasteiger charge is 2.39. The largest absolute Gasteiger partial charge is 0.508 e. The molecule has 1 saturated heterocycles. The van der Waals surface area contributed by atoms with E-state index in [9.17, 15) is 34.2 Å². The van der Waals surface area contributed by atoms with Crippen molar-refractivity contribution in [3.8, 4) is 17.2 Å². The first-order valence-electron chi connectivity index (χ1n) is 21.1. The summed E-state index contributed by atoms with van der Waals surface area (Å²) in [6, 6.07) is 20.3. The normalized spacial score (nSPS) is 15.1. The standard InChI is InChI=1S/C49H54ClN5O10/c1-5-6-8-15-33-16-11-12-17-34(33)21-25-42(57)52-37(26-32-18-22-36(56)23-19-32)47(61)54(2)39(28-35-20-24-41(64-4)45(59)44(35)50)48(62)55(3)40(27-31-13-9-7-10-14-31)49(63)65-30-38-46(60)51-29-43(58)53-38/h7-25,37-40,56,59H,5-6,26-30H2,1-4H3,(H,51,60)(H,52,57)(H,53,58)/b15-8-,25-21+/t37-,38?,39-,40-/m0/s1. The van der Waals surface area contributed by atoms with Gasteiger partial charge in [0.25, 0.3) is 0 Å². The summed E-state index contributed by atoms with van der Waals surface area (Å²) in [7, 11) is 4.11. The molecule has 4 atom stereocenters. The van der Waals surface area contributed by atoms with Crippen LogP contribution >= 0.6 is 11.6 Å². The van der Waals surface area contributed by atoms with Crippen molar-refractivity contribution in [1.82, 2.24) is 25.8 Å². The van der Waals surface area contributed by atoms with E-state index < -0.39 is 72.0 Å². The van der Waals surface area contributed by atoms with Gasteiger partial charge in [0, 0.05) is 39.4 Å². The van der Waals surface area contributed by atoms with Gasteiger partial charge in [0.05, 0.1) is 18.7 Å². The number of hydrogen-bond donors (Lipinski definition) is 5. The Morgan fingerprint density at radius 3 is 2.15 bits per heavy atom. The van der Waals surface area contributed by atoms with Crippen LogP contribution in [0.1, 0.15) is 47.6 Å². The zero-order valence-corrected chi connectivity index (χ0v) is 37.4. The first-order chi connectivity index (χ1) is 31.2. The average molecular weight is 908 g/mol. The van der Waals surface area contributed by atoms with Gasteiger partial charge in [0.15, 0.2) is 11.5 Å². The molecule has 16 heteroatoms. The Morgan fingerprint density at radius 1 is 0.831 bits per heavy atom. The van der Waals surface area contributed by atoms with Crippen molar-refractivity contribution >= 4 is 59.3 Å². The molecule has 5 N–H and O–H groups in total. The van der Waals surface area contributed by atoms with Gasteiger partial charge in [-0.3, -0.25) is 24.0 Å². The number of carbonyl (C=O) groups is 6. The highest BCUT2D eigenvalue weighted by atomic mass is 35.5. The van der Waals surface area contributed by atoms with Crippen molar-refractivity contribution in [3.05, 3.63) is 136 Å². The van der Waals surface area contributed by atoms with Crippen LogP contribution in [0.3, 0.4) is 0 Å². The second kappa shape index (κ2) is 23.5. The Balaban J connectivity index is 1.50. The number of phenolic OH excluding ortho intramolecular Hbond substituents is 2. The molecule has 0 radical (unpaired) electrons. The lowest BCUT2D eigenvalue weighted by molar-refractivity contribution is -0.158. The van der Waals surface area contributed by atoms with E-state index in [1.807, 2.05) is 30.3 Å². The number of allylic oxidation sites excluding steroid dienone is 1. The first kappa shape index (κ1) is 48.9. The maximum absolute atomic E-state index is 15.0. The van der Waals surface area contributed by atoms with Crippen LogP contribution in [-0.2, 0) is 52.8 Å². The number of hydrogen-bond acceptors (Lipinski definition) is 10. The zero-order valence-electron chi connectivity index (χ0n) is 36.7. The molecule has 1 unspecified atom stereocenters. The van der Waals surface area contributed by atoms with Crippen LogP contribution in [0.5, 0.6) is 17.2 Å². The maximum atomic E-state index is 15.0. The Labute approximate surface area is 383 Å². The topological polar surface area (TPSA) is 204 Å². The van der Waals surface area contributed by atoms with Gasteiger partial charge in [-0.05, 0) is 58.5 Å². The Hall–Kier alpha value is -7.13. The SMILES string of the molecule is CCC/C=C\c1ccccc1/C=C/C(=O)N[C@@H](Cc1ccc(O)cc1)C(=O)N(C)[C@@H](Cc1ccc(OC)c(O)c1Cl)C(=O)N(C)[C@@H](Cc1ccccc1)C(=O)OCC1NC(=O)CNC1=O. The minimum Gasteiger partial charge on any atom is -0.508 e. The smallest absolute Gasteiger partial charge is 0.329 e. The number of aromatic hydroxyl groups is 2. The molecule has 15 nitrogen and oxygen atoms in total. The molecule has 1 heterocycles. The molecule has 1 aliphatic rings. The van der Waals surface area contributed by atoms with E-state index in [1.165, 1.54) is 51.5 Å². The number of nitrogens with one attached hydrogen (secondary N) is 3. The van der Waals surface area contributed by atoms with Gasteiger partial charge in [-0.1, -0.05) is 110 Å². The van der Waals surface area contributed by atoms with E-state index in [0.717, 1.165) is 33.8 Å². The zero-order chi connectivity index (χ0) is 47.0. The third kappa shape index (κ3) is 13.4. The third-order valence-electron chi connectivity index (χ3n) is 10.9. The van der Waals surface area contributed by atoms with Crippen molar-refractivity contribution in [2.75, 3.05) is 34.4 Å². The van der Waals surface area contributed by atoms with Crippen LogP contribution < -0.4 is 20.7 Å².